The highest BCUT2D eigenvalue weighted by atomic mass is 19.1. The molecule has 1 saturated carbocycles. The minimum absolute atomic E-state index is 0.00521. The number of nitriles is 1. The lowest BCUT2D eigenvalue weighted by Crippen LogP contribution is -2.51. The number of likely N-dealkylation sites (tertiary alicyclic amines) is 1. The van der Waals surface area contributed by atoms with Crippen molar-refractivity contribution >= 4 is 5.91 Å². The van der Waals surface area contributed by atoms with E-state index in [0.717, 1.165) is 12.0 Å². The Kier molecular flexibility index (Phi) is 4.02. The van der Waals surface area contributed by atoms with E-state index in [2.05, 4.69) is 30.1 Å². The average Bonchev–Trinajstić information content (AvgIpc) is 3.35. The Morgan fingerprint density at radius 1 is 1.23 bits per heavy atom. The molecule has 1 saturated heterocycles. The van der Waals surface area contributed by atoms with Gasteiger partial charge in [-0.05, 0) is 54.4 Å². The number of benzene rings is 1. The van der Waals surface area contributed by atoms with Crippen LogP contribution in [0.3, 0.4) is 0 Å². The predicted molar refractivity (Wildman–Crippen MR) is 105 cm³/mol. The van der Waals surface area contributed by atoms with Crippen LogP contribution in [0.1, 0.15) is 50.3 Å². The highest BCUT2D eigenvalue weighted by Gasteiger charge is 2.68. The Bertz CT molecular complexity index is 1090. The summed E-state index contributed by atoms with van der Waals surface area (Å²) in [6.45, 7) is 5.16. The number of carbonyl (C=O) groups excluding carboxylic acids is 1. The number of fused-ring (bicyclic) bond motifs is 5. The Morgan fingerprint density at radius 2 is 1.97 bits per heavy atom. The lowest BCUT2D eigenvalue weighted by molar-refractivity contribution is -0.140. The molecular weight excluding hydrogens is 386 g/mol. The molecule has 2 bridgehead atoms. The monoisotopic (exact) mass is 408 g/mol. The summed E-state index contributed by atoms with van der Waals surface area (Å²) in [5.41, 5.74) is 0.263. The maximum atomic E-state index is 14.3. The normalized spacial score (nSPS) is 28.4. The molecule has 2 aliphatic carbocycles. The first-order valence-electron chi connectivity index (χ1n) is 10.3. The Hall–Kier alpha value is -2.88. The first-order chi connectivity index (χ1) is 14.3. The average molecular weight is 408 g/mol. The van der Waals surface area contributed by atoms with Crippen molar-refractivity contribution in [2.75, 3.05) is 13.1 Å². The van der Waals surface area contributed by atoms with Crippen molar-refractivity contribution in [1.82, 2.24) is 15.1 Å². The summed E-state index contributed by atoms with van der Waals surface area (Å²) in [5, 5.41) is 17.8. The van der Waals surface area contributed by atoms with Crippen LogP contribution in [0.25, 0.3) is 11.3 Å². The van der Waals surface area contributed by atoms with Crippen LogP contribution in [-0.2, 0) is 10.2 Å². The molecule has 3 aliphatic rings. The third-order valence-electron chi connectivity index (χ3n) is 7.62. The Balaban J connectivity index is 1.62. The SMILES string of the molecule is CC1(C)[C@@H]2CC[C@@]1(C(=O)N1CCC(C#N)C1)c1nnc(-c3c(F)cccc3F)cc12. The van der Waals surface area contributed by atoms with Gasteiger partial charge < -0.3 is 4.90 Å². The molecular formula is C23H22F2N4O. The zero-order chi connectivity index (χ0) is 21.3. The molecule has 1 unspecified atom stereocenters. The topological polar surface area (TPSA) is 69.9 Å². The van der Waals surface area contributed by atoms with Gasteiger partial charge in [0.1, 0.15) is 11.6 Å². The summed E-state index contributed by atoms with van der Waals surface area (Å²) in [5.74, 6) is -1.43. The number of amides is 1. The lowest BCUT2D eigenvalue weighted by atomic mass is 9.67. The van der Waals surface area contributed by atoms with E-state index >= 15 is 0 Å². The van der Waals surface area contributed by atoms with Crippen molar-refractivity contribution < 1.29 is 13.6 Å². The van der Waals surface area contributed by atoms with Crippen LogP contribution in [0, 0.1) is 34.3 Å². The van der Waals surface area contributed by atoms with E-state index in [1.54, 1.807) is 11.0 Å². The van der Waals surface area contributed by atoms with Gasteiger partial charge in [-0.25, -0.2) is 8.78 Å². The summed E-state index contributed by atoms with van der Waals surface area (Å²) in [6, 6.07) is 7.70. The van der Waals surface area contributed by atoms with Gasteiger partial charge in [0.05, 0.1) is 34.4 Å². The summed E-state index contributed by atoms with van der Waals surface area (Å²) in [7, 11) is 0. The molecule has 0 N–H and O–H groups in total. The largest absolute Gasteiger partial charge is 0.340 e. The Labute approximate surface area is 173 Å². The molecule has 30 heavy (non-hydrogen) atoms. The second kappa shape index (κ2) is 6.31. The molecule has 0 spiro atoms. The maximum Gasteiger partial charge on any atom is 0.235 e. The van der Waals surface area contributed by atoms with Gasteiger partial charge in [-0.2, -0.15) is 10.4 Å². The second-order valence-electron chi connectivity index (χ2n) is 9.21. The van der Waals surface area contributed by atoms with E-state index in [9.17, 15) is 18.8 Å². The number of halogens is 2. The van der Waals surface area contributed by atoms with Crippen molar-refractivity contribution in [3.63, 3.8) is 0 Å². The van der Waals surface area contributed by atoms with Gasteiger partial charge in [0.25, 0.3) is 0 Å². The molecule has 2 fully saturated rings. The van der Waals surface area contributed by atoms with Crippen molar-refractivity contribution in [2.45, 2.75) is 44.4 Å². The molecule has 1 aromatic carbocycles. The zero-order valence-electron chi connectivity index (χ0n) is 17.0. The van der Waals surface area contributed by atoms with Gasteiger partial charge in [0, 0.05) is 13.1 Å². The predicted octanol–water partition coefficient (Wildman–Crippen LogP) is 3.95. The van der Waals surface area contributed by atoms with Crippen LogP contribution >= 0.6 is 0 Å². The van der Waals surface area contributed by atoms with E-state index < -0.39 is 22.5 Å². The zero-order valence-corrected chi connectivity index (χ0v) is 17.0. The van der Waals surface area contributed by atoms with Gasteiger partial charge in [0.2, 0.25) is 5.91 Å². The summed E-state index contributed by atoms with van der Waals surface area (Å²) >= 11 is 0. The van der Waals surface area contributed by atoms with E-state index in [1.165, 1.54) is 18.2 Å². The fraction of sp³-hybridized carbons (Fsp3) is 0.478. The molecule has 154 valence electrons. The first kappa shape index (κ1) is 19.1. The van der Waals surface area contributed by atoms with E-state index in [1.807, 2.05) is 0 Å². The number of aromatic nitrogens is 2. The molecule has 1 aliphatic heterocycles. The lowest BCUT2D eigenvalue weighted by Gasteiger charge is -2.39. The van der Waals surface area contributed by atoms with Crippen LogP contribution in [0.5, 0.6) is 0 Å². The number of hydrogen-bond acceptors (Lipinski definition) is 4. The summed E-state index contributed by atoms with van der Waals surface area (Å²) in [6.07, 6.45) is 2.17. The number of rotatable bonds is 2. The molecule has 1 amide bonds. The van der Waals surface area contributed by atoms with Crippen LogP contribution in [0.2, 0.25) is 0 Å². The smallest absolute Gasteiger partial charge is 0.235 e. The van der Waals surface area contributed by atoms with Gasteiger partial charge in [0.15, 0.2) is 0 Å². The van der Waals surface area contributed by atoms with Gasteiger partial charge in [-0.15, -0.1) is 5.10 Å². The molecule has 1 aromatic heterocycles. The fourth-order valence-electron chi connectivity index (χ4n) is 5.98. The van der Waals surface area contributed by atoms with Gasteiger partial charge in [-0.1, -0.05) is 19.9 Å². The van der Waals surface area contributed by atoms with Crippen molar-refractivity contribution in [3.05, 3.63) is 47.2 Å². The van der Waals surface area contributed by atoms with Crippen LogP contribution in [0.15, 0.2) is 24.3 Å². The molecule has 5 nitrogen and oxygen atoms in total. The maximum absolute atomic E-state index is 14.3. The van der Waals surface area contributed by atoms with Crippen LogP contribution < -0.4 is 0 Å². The van der Waals surface area contributed by atoms with E-state index in [0.29, 0.717) is 31.6 Å². The van der Waals surface area contributed by atoms with Gasteiger partial charge in [-0.3, -0.25) is 4.79 Å². The molecule has 2 heterocycles. The van der Waals surface area contributed by atoms with Crippen LogP contribution in [0.4, 0.5) is 8.78 Å². The Morgan fingerprint density at radius 3 is 2.63 bits per heavy atom. The number of carbonyl (C=O) groups is 1. The van der Waals surface area contributed by atoms with Crippen LogP contribution in [-0.4, -0.2) is 34.1 Å². The third kappa shape index (κ3) is 2.28. The minimum Gasteiger partial charge on any atom is -0.340 e. The summed E-state index contributed by atoms with van der Waals surface area (Å²) in [4.78, 5) is 15.5. The quantitative estimate of drug-likeness (QED) is 0.755. The highest BCUT2D eigenvalue weighted by Crippen LogP contribution is 2.68. The van der Waals surface area contributed by atoms with Gasteiger partial charge >= 0.3 is 0 Å². The number of hydrogen-bond donors (Lipinski definition) is 0. The van der Waals surface area contributed by atoms with Crippen molar-refractivity contribution in [2.24, 2.45) is 11.3 Å². The first-order valence-corrected chi connectivity index (χ1v) is 10.3. The highest BCUT2D eigenvalue weighted by molar-refractivity contribution is 5.92. The molecule has 3 atom stereocenters. The minimum atomic E-state index is -0.809. The standard InChI is InChI=1S/C23H22F2N4O/c1-22(2)15-6-8-23(22,21(30)29-9-7-13(11-26)12-29)20-14(15)10-18(27-28-20)19-16(24)4-3-5-17(19)25/h3-5,10,13,15H,6-9,12H2,1-2H3/t13?,15-,23+/m1/s1. The van der Waals surface area contributed by atoms with E-state index in [4.69, 9.17) is 0 Å². The fourth-order valence-corrected chi connectivity index (χ4v) is 5.98. The van der Waals surface area contributed by atoms with Crippen molar-refractivity contribution in [3.8, 4) is 17.3 Å². The second-order valence-corrected chi connectivity index (χ2v) is 9.21. The van der Waals surface area contributed by atoms with E-state index in [-0.39, 0.29) is 29.0 Å². The molecule has 7 heteroatoms. The third-order valence-corrected chi connectivity index (χ3v) is 7.62. The molecule has 0 radical (unpaired) electrons. The van der Waals surface area contributed by atoms with Crippen molar-refractivity contribution in [1.29, 1.82) is 5.26 Å². The number of nitrogens with zero attached hydrogens (tertiary/aromatic N) is 4. The molecule has 2 aromatic rings. The summed E-state index contributed by atoms with van der Waals surface area (Å²) < 4.78 is 28.6. The molecule has 5 rings (SSSR count).